The molecule has 2 aromatic carbocycles. The van der Waals surface area contributed by atoms with Crippen molar-refractivity contribution in [2.45, 2.75) is 18.9 Å². The average molecular weight is 341 g/mol. The Balaban J connectivity index is 1.43. The first-order valence-corrected chi connectivity index (χ1v) is 8.62. The van der Waals surface area contributed by atoms with Crippen molar-refractivity contribution < 1.29 is 19.0 Å². The lowest BCUT2D eigenvalue weighted by Crippen LogP contribution is -2.31. The Morgan fingerprint density at radius 3 is 2.56 bits per heavy atom. The van der Waals surface area contributed by atoms with E-state index in [9.17, 15) is 4.79 Å². The highest BCUT2D eigenvalue weighted by atomic mass is 16.5. The van der Waals surface area contributed by atoms with E-state index in [1.165, 1.54) is 0 Å². The van der Waals surface area contributed by atoms with Crippen LogP contribution in [0.15, 0.2) is 54.6 Å². The van der Waals surface area contributed by atoms with Crippen LogP contribution >= 0.6 is 0 Å². The number of rotatable bonds is 8. The normalized spacial score (nSPS) is 16.4. The summed E-state index contributed by atoms with van der Waals surface area (Å²) in [7, 11) is 0. The summed E-state index contributed by atoms with van der Waals surface area (Å²) in [6.07, 6.45) is 2.21. The molecule has 0 aromatic heterocycles. The topological polar surface area (TPSA) is 56.8 Å². The molecule has 1 aliphatic rings. The summed E-state index contributed by atoms with van der Waals surface area (Å²) in [4.78, 5) is 12.2. The van der Waals surface area contributed by atoms with E-state index in [1.54, 1.807) is 12.1 Å². The van der Waals surface area contributed by atoms with Crippen LogP contribution in [0.25, 0.3) is 0 Å². The van der Waals surface area contributed by atoms with Gasteiger partial charge in [0, 0.05) is 18.7 Å². The predicted molar refractivity (Wildman–Crippen MR) is 95.2 cm³/mol. The zero-order valence-corrected chi connectivity index (χ0v) is 14.1. The summed E-state index contributed by atoms with van der Waals surface area (Å²) in [6.45, 7) is 2.19. The molecule has 0 aliphatic carbocycles. The molecule has 1 saturated heterocycles. The molecule has 1 atom stereocenters. The van der Waals surface area contributed by atoms with Gasteiger partial charge in [-0.3, -0.25) is 4.79 Å². The van der Waals surface area contributed by atoms with E-state index in [4.69, 9.17) is 14.2 Å². The highest BCUT2D eigenvalue weighted by Gasteiger charge is 2.16. The quantitative estimate of drug-likeness (QED) is 0.750. The molecule has 1 heterocycles. The van der Waals surface area contributed by atoms with Gasteiger partial charge in [-0.05, 0) is 43.2 Å². The van der Waals surface area contributed by atoms with Gasteiger partial charge >= 0.3 is 0 Å². The minimum absolute atomic E-state index is 0.110. The van der Waals surface area contributed by atoms with Crippen molar-refractivity contribution in [3.63, 3.8) is 0 Å². The Hall–Kier alpha value is -2.53. The number of hydrogen-bond donors (Lipinski definition) is 1. The molecule has 132 valence electrons. The number of carbonyl (C=O) groups excluding carboxylic acids is 1. The third-order valence-corrected chi connectivity index (χ3v) is 3.97. The molecular formula is C20H23NO4. The molecule has 1 aliphatic heterocycles. The fourth-order valence-corrected chi connectivity index (χ4v) is 2.68. The molecule has 25 heavy (non-hydrogen) atoms. The molecule has 5 nitrogen and oxygen atoms in total. The first-order chi connectivity index (χ1) is 12.3. The van der Waals surface area contributed by atoms with Gasteiger partial charge < -0.3 is 19.5 Å². The second-order valence-electron chi connectivity index (χ2n) is 5.88. The number of benzene rings is 2. The van der Waals surface area contributed by atoms with Crippen molar-refractivity contribution in [3.05, 3.63) is 60.2 Å². The van der Waals surface area contributed by atoms with E-state index in [2.05, 4.69) is 5.32 Å². The Morgan fingerprint density at radius 1 is 1.04 bits per heavy atom. The fraction of sp³-hybridized carbons (Fsp3) is 0.350. The second-order valence-corrected chi connectivity index (χ2v) is 5.88. The van der Waals surface area contributed by atoms with E-state index in [0.29, 0.717) is 31.1 Å². The maximum absolute atomic E-state index is 12.2. The van der Waals surface area contributed by atoms with Crippen LogP contribution in [-0.4, -0.2) is 38.4 Å². The first-order valence-electron chi connectivity index (χ1n) is 8.62. The molecule has 1 fully saturated rings. The van der Waals surface area contributed by atoms with Crippen molar-refractivity contribution in [1.29, 1.82) is 0 Å². The zero-order valence-electron chi connectivity index (χ0n) is 14.1. The van der Waals surface area contributed by atoms with Gasteiger partial charge in [-0.2, -0.15) is 0 Å². The molecular weight excluding hydrogens is 318 g/mol. The minimum Gasteiger partial charge on any atom is -0.490 e. The lowest BCUT2D eigenvalue weighted by molar-refractivity contribution is 0.0857. The molecule has 1 N–H and O–H groups in total. The van der Waals surface area contributed by atoms with Crippen LogP contribution in [0.2, 0.25) is 0 Å². The Labute approximate surface area is 147 Å². The van der Waals surface area contributed by atoms with Gasteiger partial charge in [-0.1, -0.05) is 24.3 Å². The highest BCUT2D eigenvalue weighted by Crippen LogP contribution is 2.15. The Bertz CT molecular complexity index is 668. The zero-order chi connectivity index (χ0) is 17.3. The minimum atomic E-state index is -0.110. The van der Waals surface area contributed by atoms with Crippen molar-refractivity contribution in [2.75, 3.05) is 26.4 Å². The largest absolute Gasteiger partial charge is 0.490 e. The standard InChI is InChI=1S/C20H23NO4/c22-20(21-15-19-10-5-11-23-19)16-6-4-9-18(14-16)25-13-12-24-17-7-2-1-3-8-17/h1-4,6-9,14,19H,5,10-13,15H2,(H,21,22)/t19-/m1/s1. The van der Waals surface area contributed by atoms with E-state index >= 15 is 0 Å². The predicted octanol–water partition coefficient (Wildman–Crippen LogP) is 3.05. The van der Waals surface area contributed by atoms with Gasteiger partial charge in [0.15, 0.2) is 0 Å². The highest BCUT2D eigenvalue weighted by molar-refractivity contribution is 5.94. The Kier molecular flexibility index (Phi) is 6.29. The van der Waals surface area contributed by atoms with Crippen LogP contribution < -0.4 is 14.8 Å². The van der Waals surface area contributed by atoms with Gasteiger partial charge in [-0.25, -0.2) is 0 Å². The average Bonchev–Trinajstić information content (AvgIpc) is 3.18. The fourth-order valence-electron chi connectivity index (χ4n) is 2.68. The van der Waals surface area contributed by atoms with Crippen LogP contribution in [0.3, 0.4) is 0 Å². The van der Waals surface area contributed by atoms with Crippen LogP contribution in [0.4, 0.5) is 0 Å². The van der Waals surface area contributed by atoms with Crippen LogP contribution in [-0.2, 0) is 4.74 Å². The molecule has 3 rings (SSSR count). The van der Waals surface area contributed by atoms with E-state index in [1.807, 2.05) is 42.5 Å². The van der Waals surface area contributed by atoms with Gasteiger partial charge in [0.1, 0.15) is 24.7 Å². The van der Waals surface area contributed by atoms with Gasteiger partial charge in [0.25, 0.3) is 5.91 Å². The number of ether oxygens (including phenoxy) is 3. The van der Waals surface area contributed by atoms with Crippen molar-refractivity contribution in [3.8, 4) is 11.5 Å². The monoisotopic (exact) mass is 341 g/mol. The number of hydrogen-bond acceptors (Lipinski definition) is 4. The number of nitrogens with one attached hydrogen (secondary N) is 1. The van der Waals surface area contributed by atoms with Gasteiger partial charge in [0.2, 0.25) is 0 Å². The summed E-state index contributed by atoms with van der Waals surface area (Å²) in [5.41, 5.74) is 0.583. The molecule has 5 heteroatoms. The number of amides is 1. The smallest absolute Gasteiger partial charge is 0.251 e. The van der Waals surface area contributed by atoms with Gasteiger partial charge in [0.05, 0.1) is 6.10 Å². The summed E-state index contributed by atoms with van der Waals surface area (Å²) in [5.74, 6) is 1.36. The van der Waals surface area contributed by atoms with E-state index in [0.717, 1.165) is 25.2 Å². The van der Waals surface area contributed by atoms with Crippen LogP contribution in [0.1, 0.15) is 23.2 Å². The molecule has 0 saturated carbocycles. The SMILES string of the molecule is O=C(NC[C@H]1CCCO1)c1cccc(OCCOc2ccccc2)c1. The summed E-state index contributed by atoms with van der Waals surface area (Å²) >= 11 is 0. The summed E-state index contributed by atoms with van der Waals surface area (Å²) in [5, 5.41) is 2.91. The van der Waals surface area contributed by atoms with Gasteiger partial charge in [-0.15, -0.1) is 0 Å². The molecule has 0 unspecified atom stereocenters. The molecule has 2 aromatic rings. The van der Waals surface area contributed by atoms with Crippen molar-refractivity contribution >= 4 is 5.91 Å². The third kappa shape index (κ3) is 5.50. The second kappa shape index (κ2) is 9.08. The number of carbonyl (C=O) groups is 1. The maximum Gasteiger partial charge on any atom is 0.251 e. The van der Waals surface area contributed by atoms with Crippen LogP contribution in [0.5, 0.6) is 11.5 Å². The first kappa shape index (κ1) is 17.3. The molecule has 0 bridgehead atoms. The van der Waals surface area contributed by atoms with E-state index in [-0.39, 0.29) is 12.0 Å². The van der Waals surface area contributed by atoms with E-state index < -0.39 is 0 Å². The molecule has 0 spiro atoms. The van der Waals surface area contributed by atoms with Crippen molar-refractivity contribution in [1.82, 2.24) is 5.32 Å². The Morgan fingerprint density at radius 2 is 1.80 bits per heavy atom. The van der Waals surface area contributed by atoms with Crippen molar-refractivity contribution in [2.24, 2.45) is 0 Å². The lowest BCUT2D eigenvalue weighted by atomic mass is 10.2. The molecule has 1 amide bonds. The van der Waals surface area contributed by atoms with Crippen LogP contribution in [0, 0.1) is 0 Å². The maximum atomic E-state index is 12.2. The molecule has 0 radical (unpaired) electrons. The lowest BCUT2D eigenvalue weighted by Gasteiger charge is -2.12. The summed E-state index contributed by atoms with van der Waals surface area (Å²) in [6, 6.07) is 16.8. The number of para-hydroxylation sites is 1. The third-order valence-electron chi connectivity index (χ3n) is 3.97. The summed E-state index contributed by atoms with van der Waals surface area (Å²) < 4.78 is 16.8.